The lowest BCUT2D eigenvalue weighted by molar-refractivity contribution is -0.132. The fourth-order valence-electron chi connectivity index (χ4n) is 4.67. The fourth-order valence-corrected chi connectivity index (χ4v) is 4.86. The largest absolute Gasteiger partial charge is 0.344 e. The van der Waals surface area contributed by atoms with Gasteiger partial charge in [0.2, 0.25) is 0 Å². The predicted octanol–water partition coefficient (Wildman–Crippen LogP) is 4.24. The van der Waals surface area contributed by atoms with Crippen molar-refractivity contribution in [1.29, 1.82) is 0 Å². The zero-order chi connectivity index (χ0) is 21.5. The smallest absolute Gasteiger partial charge is 0.325 e. The Labute approximate surface area is 181 Å². The molecule has 1 N–H and O–H groups in total. The van der Waals surface area contributed by atoms with Crippen LogP contribution >= 0.6 is 11.6 Å². The number of Topliss-reactive ketones (excluding diaryl/α,β-unsaturated/α-hetero) is 1. The summed E-state index contributed by atoms with van der Waals surface area (Å²) in [5, 5.41) is 3.54. The van der Waals surface area contributed by atoms with Gasteiger partial charge in [-0.05, 0) is 44.4 Å². The molecular formula is C23H26ClN3O3. The highest BCUT2D eigenvalue weighted by molar-refractivity contribution is 6.31. The van der Waals surface area contributed by atoms with E-state index >= 15 is 0 Å². The van der Waals surface area contributed by atoms with Gasteiger partial charge in [-0.15, -0.1) is 0 Å². The van der Waals surface area contributed by atoms with Crippen LogP contribution in [0.3, 0.4) is 0 Å². The monoisotopic (exact) mass is 427 g/mol. The molecule has 1 aliphatic heterocycles. The lowest BCUT2D eigenvalue weighted by Crippen LogP contribution is -2.48. The maximum Gasteiger partial charge on any atom is 0.325 e. The summed E-state index contributed by atoms with van der Waals surface area (Å²) in [5.41, 5.74) is 2.42. The number of amides is 3. The number of imide groups is 1. The molecule has 0 atom stereocenters. The van der Waals surface area contributed by atoms with Gasteiger partial charge in [0.25, 0.3) is 5.91 Å². The van der Waals surface area contributed by atoms with Crippen molar-refractivity contribution in [1.82, 2.24) is 14.8 Å². The second-order valence-corrected chi connectivity index (χ2v) is 8.76. The first-order chi connectivity index (χ1) is 14.3. The minimum atomic E-state index is -0.809. The Hall–Kier alpha value is -2.60. The van der Waals surface area contributed by atoms with E-state index in [0.717, 1.165) is 41.1 Å². The summed E-state index contributed by atoms with van der Waals surface area (Å²) in [5.74, 6) is -0.490. The topological polar surface area (TPSA) is 71.4 Å². The second kappa shape index (κ2) is 7.91. The summed E-state index contributed by atoms with van der Waals surface area (Å²) in [4.78, 5) is 39.6. The molecule has 7 heteroatoms. The zero-order valence-electron chi connectivity index (χ0n) is 17.3. The van der Waals surface area contributed by atoms with E-state index in [1.54, 1.807) is 0 Å². The van der Waals surface area contributed by atoms with Crippen LogP contribution in [0.2, 0.25) is 5.02 Å². The summed E-state index contributed by atoms with van der Waals surface area (Å²) in [7, 11) is 0. The number of benzene rings is 1. The van der Waals surface area contributed by atoms with E-state index in [1.807, 2.05) is 48.7 Å². The minimum Gasteiger partial charge on any atom is -0.344 e. The van der Waals surface area contributed by atoms with Crippen molar-refractivity contribution in [2.75, 3.05) is 6.54 Å². The maximum atomic E-state index is 13.1. The Bertz CT molecular complexity index is 1020. The normalized spacial score (nSPS) is 18.2. The maximum absolute atomic E-state index is 13.1. The highest BCUT2D eigenvalue weighted by atomic mass is 35.5. The van der Waals surface area contributed by atoms with Crippen LogP contribution in [0, 0.1) is 13.8 Å². The molecule has 1 saturated heterocycles. The number of hydrogen-bond donors (Lipinski definition) is 1. The van der Waals surface area contributed by atoms with Gasteiger partial charge >= 0.3 is 6.03 Å². The molecule has 2 fully saturated rings. The molecule has 4 rings (SSSR count). The fraction of sp³-hybridized carbons (Fsp3) is 0.435. The quantitative estimate of drug-likeness (QED) is 0.573. The number of ketones is 1. The van der Waals surface area contributed by atoms with Gasteiger partial charge < -0.3 is 9.88 Å². The van der Waals surface area contributed by atoms with E-state index in [2.05, 4.69) is 5.32 Å². The van der Waals surface area contributed by atoms with Crippen LogP contribution in [-0.4, -0.2) is 39.3 Å². The van der Waals surface area contributed by atoms with Gasteiger partial charge in [0.15, 0.2) is 5.78 Å². The predicted molar refractivity (Wildman–Crippen MR) is 115 cm³/mol. The molecule has 30 heavy (non-hydrogen) atoms. The van der Waals surface area contributed by atoms with E-state index in [4.69, 9.17) is 11.6 Å². The molecule has 0 radical (unpaired) electrons. The molecule has 2 aromatic rings. The molecule has 0 unspecified atom stereocenters. The zero-order valence-corrected chi connectivity index (χ0v) is 18.1. The Kier molecular flexibility index (Phi) is 5.45. The lowest BCUT2D eigenvalue weighted by Gasteiger charge is -2.30. The first-order valence-corrected chi connectivity index (χ1v) is 10.8. The Morgan fingerprint density at radius 2 is 1.83 bits per heavy atom. The summed E-state index contributed by atoms with van der Waals surface area (Å²) in [6, 6.07) is 8.98. The number of nitrogens with one attached hydrogen (secondary N) is 1. The van der Waals surface area contributed by atoms with Crippen LogP contribution in [-0.2, 0) is 11.3 Å². The summed E-state index contributed by atoms with van der Waals surface area (Å²) in [6.45, 7) is 4.14. The van der Waals surface area contributed by atoms with E-state index in [1.165, 1.54) is 0 Å². The first-order valence-electron chi connectivity index (χ1n) is 10.4. The molecule has 1 aliphatic carbocycles. The van der Waals surface area contributed by atoms with E-state index in [-0.39, 0.29) is 18.2 Å². The van der Waals surface area contributed by atoms with Crippen molar-refractivity contribution >= 4 is 29.3 Å². The molecule has 158 valence electrons. The molecule has 0 bridgehead atoms. The Balaban J connectivity index is 1.54. The third-order valence-corrected chi connectivity index (χ3v) is 6.78. The van der Waals surface area contributed by atoms with Gasteiger partial charge in [0.1, 0.15) is 5.54 Å². The van der Waals surface area contributed by atoms with Gasteiger partial charge in [-0.1, -0.05) is 49.1 Å². The number of carbonyl (C=O) groups excluding carboxylic acids is 3. The first kappa shape index (κ1) is 20.7. The van der Waals surface area contributed by atoms with Crippen LogP contribution in [0.1, 0.15) is 59.4 Å². The highest BCUT2D eigenvalue weighted by Gasteiger charge is 2.51. The third-order valence-electron chi connectivity index (χ3n) is 6.42. The van der Waals surface area contributed by atoms with Crippen LogP contribution in [0.5, 0.6) is 0 Å². The van der Waals surface area contributed by atoms with Crippen LogP contribution < -0.4 is 5.32 Å². The van der Waals surface area contributed by atoms with Crippen LogP contribution in [0.25, 0.3) is 0 Å². The third kappa shape index (κ3) is 3.54. The van der Waals surface area contributed by atoms with Crippen LogP contribution in [0.15, 0.2) is 30.3 Å². The molecule has 1 aromatic heterocycles. The average molecular weight is 428 g/mol. The van der Waals surface area contributed by atoms with Gasteiger partial charge in [-0.2, -0.15) is 0 Å². The van der Waals surface area contributed by atoms with Gasteiger partial charge in [-0.3, -0.25) is 14.5 Å². The van der Waals surface area contributed by atoms with E-state index < -0.39 is 11.6 Å². The summed E-state index contributed by atoms with van der Waals surface area (Å²) in [6.07, 6.45) is 4.19. The summed E-state index contributed by atoms with van der Waals surface area (Å²) < 4.78 is 2.03. The minimum absolute atomic E-state index is 0.232. The molecule has 1 spiro atoms. The number of rotatable bonds is 5. The van der Waals surface area contributed by atoms with Crippen molar-refractivity contribution in [2.24, 2.45) is 0 Å². The molecule has 1 saturated carbocycles. The average Bonchev–Trinajstić information content (AvgIpc) is 3.12. The van der Waals surface area contributed by atoms with E-state index in [9.17, 15) is 14.4 Å². The lowest BCUT2D eigenvalue weighted by atomic mass is 9.82. The van der Waals surface area contributed by atoms with Crippen molar-refractivity contribution in [3.63, 3.8) is 0 Å². The number of halogens is 1. The van der Waals surface area contributed by atoms with E-state index in [0.29, 0.717) is 30.0 Å². The molecule has 2 aliphatic rings. The van der Waals surface area contributed by atoms with Gasteiger partial charge in [0, 0.05) is 28.5 Å². The SMILES string of the molecule is Cc1cc(C(=O)CN2C(=O)NC3(CCCCC3)C2=O)c(C)n1Cc1ccccc1Cl. The number of aryl methyl sites for hydroxylation is 1. The molecular weight excluding hydrogens is 402 g/mol. The number of hydrogen-bond acceptors (Lipinski definition) is 3. The Morgan fingerprint density at radius 1 is 1.13 bits per heavy atom. The van der Waals surface area contributed by atoms with Crippen LogP contribution in [0.4, 0.5) is 4.79 Å². The van der Waals surface area contributed by atoms with Crippen molar-refractivity contribution in [2.45, 2.75) is 58.0 Å². The van der Waals surface area contributed by atoms with Gasteiger partial charge in [0.05, 0.1) is 6.54 Å². The molecule has 2 heterocycles. The molecule has 6 nitrogen and oxygen atoms in total. The number of nitrogens with zero attached hydrogens (tertiary/aromatic N) is 2. The highest BCUT2D eigenvalue weighted by Crippen LogP contribution is 2.34. The van der Waals surface area contributed by atoms with Crippen molar-refractivity contribution in [3.8, 4) is 0 Å². The summed E-state index contributed by atoms with van der Waals surface area (Å²) >= 11 is 6.30. The Morgan fingerprint density at radius 3 is 2.53 bits per heavy atom. The number of aromatic nitrogens is 1. The standard InChI is InChI=1S/C23H26ClN3O3/c1-15-12-18(16(2)26(15)13-17-8-4-5-9-19(17)24)20(28)14-27-21(29)23(25-22(27)30)10-6-3-7-11-23/h4-5,8-9,12H,3,6-7,10-11,13-14H2,1-2H3,(H,25,30). The molecule has 3 amide bonds. The van der Waals surface area contributed by atoms with Crippen molar-refractivity contribution < 1.29 is 14.4 Å². The number of carbonyl (C=O) groups is 3. The van der Waals surface area contributed by atoms with Crippen molar-refractivity contribution in [3.05, 3.63) is 57.9 Å². The number of urea groups is 1. The van der Waals surface area contributed by atoms with Gasteiger partial charge in [-0.25, -0.2) is 4.79 Å². The second-order valence-electron chi connectivity index (χ2n) is 8.35. The molecule has 1 aromatic carbocycles.